The van der Waals surface area contributed by atoms with Gasteiger partial charge in [-0.25, -0.2) is 4.98 Å². The van der Waals surface area contributed by atoms with Gasteiger partial charge in [-0.05, 0) is 25.2 Å². The molecule has 0 saturated carbocycles. The highest BCUT2D eigenvalue weighted by Crippen LogP contribution is 2.33. The standard InChI is InChI=1S/C17H31N3S/c1-11(2)14-9-18-15(17(5,6)7)10-20(14)13(4)16-19-8-12(3)21-16/h8,11,13-15,18H,9-10H2,1-7H3. The lowest BCUT2D eigenvalue weighted by Crippen LogP contribution is -2.61. The first-order valence-electron chi connectivity index (χ1n) is 8.11. The Labute approximate surface area is 134 Å². The van der Waals surface area contributed by atoms with Crippen LogP contribution >= 0.6 is 11.3 Å². The number of nitrogens with zero attached hydrogens (tertiary/aromatic N) is 2. The molecule has 3 nitrogen and oxygen atoms in total. The molecule has 1 aromatic heterocycles. The summed E-state index contributed by atoms with van der Waals surface area (Å²) >= 11 is 1.84. The largest absolute Gasteiger partial charge is 0.311 e. The molecule has 2 heterocycles. The molecule has 1 aromatic rings. The lowest BCUT2D eigenvalue weighted by Gasteiger charge is -2.48. The van der Waals surface area contributed by atoms with E-state index in [0.717, 1.165) is 13.1 Å². The van der Waals surface area contributed by atoms with Gasteiger partial charge in [-0.15, -0.1) is 11.3 Å². The Morgan fingerprint density at radius 2 is 2.00 bits per heavy atom. The van der Waals surface area contributed by atoms with E-state index in [0.29, 0.717) is 29.5 Å². The number of aromatic nitrogens is 1. The van der Waals surface area contributed by atoms with E-state index in [9.17, 15) is 0 Å². The summed E-state index contributed by atoms with van der Waals surface area (Å²) in [5.41, 5.74) is 0.290. The number of hydrogen-bond acceptors (Lipinski definition) is 4. The van der Waals surface area contributed by atoms with Gasteiger partial charge in [-0.2, -0.15) is 0 Å². The van der Waals surface area contributed by atoms with Crippen molar-refractivity contribution in [3.8, 4) is 0 Å². The first-order valence-corrected chi connectivity index (χ1v) is 8.93. The second-order valence-corrected chi connectivity index (χ2v) is 9.09. The predicted octanol–water partition coefficient (Wildman–Crippen LogP) is 3.86. The Balaban J connectivity index is 2.21. The molecule has 0 aromatic carbocycles. The minimum Gasteiger partial charge on any atom is -0.311 e. The van der Waals surface area contributed by atoms with Gasteiger partial charge in [0.25, 0.3) is 0 Å². The molecule has 0 aliphatic carbocycles. The van der Waals surface area contributed by atoms with Gasteiger partial charge in [-0.1, -0.05) is 34.6 Å². The van der Waals surface area contributed by atoms with E-state index in [4.69, 9.17) is 0 Å². The topological polar surface area (TPSA) is 28.2 Å². The molecule has 120 valence electrons. The number of nitrogens with one attached hydrogen (secondary N) is 1. The van der Waals surface area contributed by atoms with Crippen molar-refractivity contribution in [2.45, 2.75) is 66.6 Å². The van der Waals surface area contributed by atoms with Gasteiger partial charge >= 0.3 is 0 Å². The summed E-state index contributed by atoms with van der Waals surface area (Å²) in [6.45, 7) is 18.3. The maximum Gasteiger partial charge on any atom is 0.110 e. The minimum atomic E-state index is 0.290. The van der Waals surface area contributed by atoms with E-state index < -0.39 is 0 Å². The first-order chi connectivity index (χ1) is 9.70. The van der Waals surface area contributed by atoms with Crippen molar-refractivity contribution in [1.29, 1.82) is 0 Å². The Morgan fingerprint density at radius 3 is 2.48 bits per heavy atom. The van der Waals surface area contributed by atoms with Crippen LogP contribution in [0, 0.1) is 18.3 Å². The van der Waals surface area contributed by atoms with Gasteiger partial charge in [0.1, 0.15) is 5.01 Å². The maximum absolute atomic E-state index is 4.63. The lowest BCUT2D eigenvalue weighted by molar-refractivity contribution is 0.0339. The summed E-state index contributed by atoms with van der Waals surface area (Å²) in [7, 11) is 0. The van der Waals surface area contributed by atoms with Crippen molar-refractivity contribution >= 4 is 11.3 Å². The summed E-state index contributed by atoms with van der Waals surface area (Å²) in [5, 5.41) is 5.03. The fourth-order valence-corrected chi connectivity index (χ4v) is 3.99. The lowest BCUT2D eigenvalue weighted by atomic mass is 9.83. The average Bonchev–Trinajstić information content (AvgIpc) is 2.82. The molecule has 2 rings (SSSR count). The smallest absolute Gasteiger partial charge is 0.110 e. The normalized spacial score (nSPS) is 26.3. The van der Waals surface area contributed by atoms with Crippen molar-refractivity contribution in [2.24, 2.45) is 11.3 Å². The third-order valence-electron chi connectivity index (χ3n) is 4.70. The monoisotopic (exact) mass is 309 g/mol. The minimum absolute atomic E-state index is 0.290. The van der Waals surface area contributed by atoms with Gasteiger partial charge in [0, 0.05) is 36.2 Å². The van der Waals surface area contributed by atoms with Crippen LogP contribution < -0.4 is 5.32 Å². The number of hydrogen-bond donors (Lipinski definition) is 1. The molecule has 3 unspecified atom stereocenters. The average molecular weight is 310 g/mol. The van der Waals surface area contributed by atoms with E-state index in [1.54, 1.807) is 0 Å². The number of aryl methyl sites for hydroxylation is 1. The van der Waals surface area contributed by atoms with Crippen LogP contribution in [0.3, 0.4) is 0 Å². The summed E-state index contributed by atoms with van der Waals surface area (Å²) in [4.78, 5) is 8.61. The summed E-state index contributed by atoms with van der Waals surface area (Å²) in [6, 6.07) is 1.53. The van der Waals surface area contributed by atoms with Crippen molar-refractivity contribution in [1.82, 2.24) is 15.2 Å². The van der Waals surface area contributed by atoms with Crippen molar-refractivity contribution in [3.05, 3.63) is 16.1 Å². The molecule has 0 bridgehead atoms. The third-order valence-corrected chi connectivity index (χ3v) is 5.78. The van der Waals surface area contributed by atoms with Crippen LogP contribution in [0.1, 0.15) is 57.5 Å². The van der Waals surface area contributed by atoms with Crippen LogP contribution in [-0.2, 0) is 0 Å². The molecule has 1 fully saturated rings. The molecular weight excluding hydrogens is 278 g/mol. The third kappa shape index (κ3) is 3.85. The first kappa shape index (κ1) is 16.9. The summed E-state index contributed by atoms with van der Waals surface area (Å²) in [5.74, 6) is 0.655. The van der Waals surface area contributed by atoms with Gasteiger partial charge in [0.05, 0.1) is 6.04 Å². The van der Waals surface area contributed by atoms with Crippen LogP contribution in [0.25, 0.3) is 0 Å². The Morgan fingerprint density at radius 1 is 1.33 bits per heavy atom. The molecule has 21 heavy (non-hydrogen) atoms. The van der Waals surface area contributed by atoms with E-state index >= 15 is 0 Å². The van der Waals surface area contributed by atoms with Crippen LogP contribution in [-0.4, -0.2) is 35.1 Å². The van der Waals surface area contributed by atoms with E-state index in [2.05, 4.69) is 63.7 Å². The Bertz CT molecular complexity index is 461. The zero-order valence-electron chi connectivity index (χ0n) is 14.6. The molecule has 0 amide bonds. The zero-order valence-corrected chi connectivity index (χ0v) is 15.4. The molecule has 0 radical (unpaired) electrons. The maximum atomic E-state index is 4.63. The number of thiazole rings is 1. The molecule has 1 aliphatic heterocycles. The van der Waals surface area contributed by atoms with Gasteiger partial charge in [0.2, 0.25) is 0 Å². The summed E-state index contributed by atoms with van der Waals surface area (Å²) < 4.78 is 0. The molecular formula is C17H31N3S. The molecule has 1 N–H and O–H groups in total. The highest BCUT2D eigenvalue weighted by atomic mass is 32.1. The molecule has 4 heteroatoms. The number of piperazine rings is 1. The van der Waals surface area contributed by atoms with Crippen LogP contribution in [0.15, 0.2) is 6.20 Å². The predicted molar refractivity (Wildman–Crippen MR) is 91.8 cm³/mol. The van der Waals surface area contributed by atoms with Crippen molar-refractivity contribution in [2.75, 3.05) is 13.1 Å². The van der Waals surface area contributed by atoms with Crippen LogP contribution in [0.4, 0.5) is 0 Å². The van der Waals surface area contributed by atoms with Gasteiger partial charge < -0.3 is 5.32 Å². The van der Waals surface area contributed by atoms with Crippen molar-refractivity contribution in [3.63, 3.8) is 0 Å². The Kier molecular flexibility index (Phi) is 5.11. The van der Waals surface area contributed by atoms with E-state index in [-0.39, 0.29) is 0 Å². The quantitative estimate of drug-likeness (QED) is 0.919. The highest BCUT2D eigenvalue weighted by molar-refractivity contribution is 7.11. The second kappa shape index (κ2) is 6.35. The molecule has 0 spiro atoms. The Hall–Kier alpha value is -0.450. The molecule has 1 aliphatic rings. The fourth-order valence-electron chi connectivity index (χ4n) is 3.14. The van der Waals surface area contributed by atoms with Crippen molar-refractivity contribution < 1.29 is 0 Å². The number of rotatable bonds is 3. The van der Waals surface area contributed by atoms with Gasteiger partial charge in [0.15, 0.2) is 0 Å². The fraction of sp³-hybridized carbons (Fsp3) is 0.824. The van der Waals surface area contributed by atoms with E-state index in [1.807, 2.05) is 17.5 Å². The zero-order chi connectivity index (χ0) is 15.8. The van der Waals surface area contributed by atoms with E-state index in [1.165, 1.54) is 9.88 Å². The van der Waals surface area contributed by atoms with Crippen LogP contribution in [0.2, 0.25) is 0 Å². The SMILES string of the molecule is Cc1cnc(C(C)N2CC(C(C)(C)C)NCC2C(C)C)s1. The summed E-state index contributed by atoms with van der Waals surface area (Å²) in [6.07, 6.45) is 2.00. The molecule has 3 atom stereocenters. The van der Waals surface area contributed by atoms with Crippen LogP contribution in [0.5, 0.6) is 0 Å². The molecule has 1 saturated heterocycles. The highest BCUT2D eigenvalue weighted by Gasteiger charge is 2.38. The van der Waals surface area contributed by atoms with Gasteiger partial charge in [-0.3, -0.25) is 4.90 Å². The second-order valence-electron chi connectivity index (χ2n) is 7.82.